The minimum absolute atomic E-state index is 0.0733. The number of fused-ring (bicyclic) bond motifs is 2. The molecule has 0 aromatic carbocycles. The Kier molecular flexibility index (Phi) is 3.86. The molecule has 0 amide bonds. The van der Waals surface area contributed by atoms with Crippen LogP contribution in [0.2, 0.25) is 0 Å². The fraction of sp³-hybridized carbons (Fsp3) is 0.688. The number of ether oxygens (including phenoxy) is 2. The molecular formula is C16H24O3. The maximum absolute atomic E-state index is 11.1. The van der Waals surface area contributed by atoms with Gasteiger partial charge in [0.05, 0.1) is 19.3 Å². The van der Waals surface area contributed by atoms with E-state index in [-0.39, 0.29) is 17.5 Å². The van der Waals surface area contributed by atoms with Crippen molar-refractivity contribution in [3.05, 3.63) is 24.3 Å². The third-order valence-electron chi connectivity index (χ3n) is 5.07. The van der Waals surface area contributed by atoms with Gasteiger partial charge in [0.25, 0.3) is 0 Å². The maximum Gasteiger partial charge on any atom is 0.302 e. The summed E-state index contributed by atoms with van der Waals surface area (Å²) in [6, 6.07) is 0. The highest BCUT2D eigenvalue weighted by atomic mass is 16.5. The number of carbonyl (C=O) groups is 1. The van der Waals surface area contributed by atoms with E-state index in [1.807, 2.05) is 6.08 Å². The SMILES string of the molecule is C=C[C@@H]1OC[C@]2(COC(C)=O)[C@H](C)C=C(C)[C@@H]1[C@@H]2C. The molecule has 0 unspecified atom stereocenters. The van der Waals surface area contributed by atoms with E-state index in [0.29, 0.717) is 31.0 Å². The summed E-state index contributed by atoms with van der Waals surface area (Å²) in [4.78, 5) is 11.1. The van der Waals surface area contributed by atoms with Gasteiger partial charge in [0.15, 0.2) is 0 Å². The molecule has 1 aliphatic heterocycles. The average molecular weight is 264 g/mol. The molecule has 3 heteroatoms. The van der Waals surface area contributed by atoms with E-state index in [1.165, 1.54) is 12.5 Å². The zero-order chi connectivity index (χ0) is 14.2. The van der Waals surface area contributed by atoms with Gasteiger partial charge in [-0.1, -0.05) is 31.6 Å². The van der Waals surface area contributed by atoms with Gasteiger partial charge in [-0.3, -0.25) is 4.79 Å². The summed E-state index contributed by atoms with van der Waals surface area (Å²) >= 11 is 0. The van der Waals surface area contributed by atoms with E-state index in [0.717, 1.165) is 0 Å². The van der Waals surface area contributed by atoms with Gasteiger partial charge in [-0.05, 0) is 18.8 Å². The van der Waals surface area contributed by atoms with Crippen LogP contribution in [0, 0.1) is 23.2 Å². The van der Waals surface area contributed by atoms with Crippen LogP contribution in [0.25, 0.3) is 0 Å². The number of hydrogen-bond acceptors (Lipinski definition) is 3. The summed E-state index contributed by atoms with van der Waals surface area (Å²) in [5.41, 5.74) is 1.26. The fourth-order valence-corrected chi connectivity index (χ4v) is 3.75. The molecule has 0 spiro atoms. The Morgan fingerprint density at radius 1 is 1.63 bits per heavy atom. The standard InChI is InChI=1S/C16H24O3/c1-6-14-15-10(2)7-11(3)16(9-19-14,12(15)4)8-18-13(5)17/h6-7,11-12,14-15H,1,8-9H2,2-5H3/t11-,12+,14+,15-,16-/m1/s1. The molecule has 3 nitrogen and oxygen atoms in total. The second-order valence-electron chi connectivity index (χ2n) is 6.04. The summed E-state index contributed by atoms with van der Waals surface area (Å²) < 4.78 is 11.3. The van der Waals surface area contributed by atoms with Crippen molar-refractivity contribution in [3.63, 3.8) is 0 Å². The number of rotatable bonds is 3. The topological polar surface area (TPSA) is 35.5 Å². The maximum atomic E-state index is 11.1. The van der Waals surface area contributed by atoms with Crippen molar-refractivity contribution in [2.75, 3.05) is 13.2 Å². The first-order valence-corrected chi connectivity index (χ1v) is 6.98. The molecule has 1 fully saturated rings. The minimum atomic E-state index is -0.220. The van der Waals surface area contributed by atoms with Gasteiger partial charge in [0, 0.05) is 18.3 Å². The van der Waals surface area contributed by atoms with E-state index in [2.05, 4.69) is 33.4 Å². The Morgan fingerprint density at radius 3 is 2.89 bits per heavy atom. The van der Waals surface area contributed by atoms with Crippen molar-refractivity contribution in [2.45, 2.75) is 33.8 Å². The summed E-state index contributed by atoms with van der Waals surface area (Å²) in [6.07, 6.45) is 4.28. The largest absolute Gasteiger partial charge is 0.465 e. The smallest absolute Gasteiger partial charge is 0.302 e. The van der Waals surface area contributed by atoms with Crippen LogP contribution in [0.1, 0.15) is 27.7 Å². The Labute approximate surface area is 115 Å². The van der Waals surface area contributed by atoms with E-state index in [4.69, 9.17) is 9.47 Å². The number of esters is 1. The van der Waals surface area contributed by atoms with Crippen LogP contribution in [0.15, 0.2) is 24.3 Å². The molecule has 0 radical (unpaired) electrons. The van der Waals surface area contributed by atoms with E-state index in [9.17, 15) is 4.79 Å². The zero-order valence-corrected chi connectivity index (χ0v) is 12.3. The van der Waals surface area contributed by atoms with Crippen LogP contribution in [0.4, 0.5) is 0 Å². The third-order valence-corrected chi connectivity index (χ3v) is 5.07. The molecule has 1 saturated heterocycles. The van der Waals surface area contributed by atoms with Crippen molar-refractivity contribution >= 4 is 5.97 Å². The van der Waals surface area contributed by atoms with Crippen LogP contribution in [0.5, 0.6) is 0 Å². The molecule has 1 aliphatic carbocycles. The summed E-state index contributed by atoms with van der Waals surface area (Å²) in [7, 11) is 0. The number of carbonyl (C=O) groups excluding carboxylic acids is 1. The Bertz CT molecular complexity index is 412. The highest BCUT2D eigenvalue weighted by Crippen LogP contribution is 2.52. The molecule has 0 saturated carbocycles. The predicted octanol–water partition coefficient (Wildman–Crippen LogP) is 2.97. The highest BCUT2D eigenvalue weighted by Gasteiger charge is 2.53. The first kappa shape index (κ1) is 14.3. The first-order chi connectivity index (χ1) is 8.92. The lowest BCUT2D eigenvalue weighted by Crippen LogP contribution is -2.56. The van der Waals surface area contributed by atoms with E-state index in [1.54, 1.807) is 0 Å². The van der Waals surface area contributed by atoms with Crippen molar-refractivity contribution in [2.24, 2.45) is 23.2 Å². The predicted molar refractivity (Wildman–Crippen MR) is 74.6 cm³/mol. The summed E-state index contributed by atoms with van der Waals surface area (Å²) in [5, 5.41) is 0. The Morgan fingerprint density at radius 2 is 2.32 bits per heavy atom. The van der Waals surface area contributed by atoms with Gasteiger partial charge in [-0.25, -0.2) is 0 Å². The van der Waals surface area contributed by atoms with Crippen LogP contribution in [0.3, 0.4) is 0 Å². The monoisotopic (exact) mass is 264 g/mol. The summed E-state index contributed by atoms with van der Waals surface area (Å²) in [5.74, 6) is 0.896. The molecule has 19 heavy (non-hydrogen) atoms. The molecular weight excluding hydrogens is 240 g/mol. The lowest BCUT2D eigenvalue weighted by atomic mass is 9.56. The average Bonchev–Trinajstić information content (AvgIpc) is 2.34. The second kappa shape index (κ2) is 5.12. The van der Waals surface area contributed by atoms with Crippen LogP contribution >= 0.6 is 0 Å². The molecule has 1 heterocycles. The van der Waals surface area contributed by atoms with Gasteiger partial charge in [0.1, 0.15) is 0 Å². The molecule has 0 N–H and O–H groups in total. The first-order valence-electron chi connectivity index (χ1n) is 6.98. The fourth-order valence-electron chi connectivity index (χ4n) is 3.75. The molecule has 0 aromatic heterocycles. The van der Waals surface area contributed by atoms with Crippen molar-refractivity contribution in [3.8, 4) is 0 Å². The van der Waals surface area contributed by atoms with Gasteiger partial charge in [-0.2, -0.15) is 0 Å². The third kappa shape index (κ3) is 2.25. The lowest BCUT2D eigenvalue weighted by Gasteiger charge is -2.54. The molecule has 5 atom stereocenters. The Hall–Kier alpha value is -1.09. The zero-order valence-electron chi connectivity index (χ0n) is 12.3. The van der Waals surface area contributed by atoms with Crippen LogP contribution in [-0.4, -0.2) is 25.3 Å². The van der Waals surface area contributed by atoms with Gasteiger partial charge >= 0.3 is 5.97 Å². The number of allylic oxidation sites excluding steroid dienone is 1. The molecule has 2 bridgehead atoms. The lowest BCUT2D eigenvalue weighted by molar-refractivity contribution is -0.171. The normalized spacial score (nSPS) is 41.4. The van der Waals surface area contributed by atoms with E-state index >= 15 is 0 Å². The summed E-state index contributed by atoms with van der Waals surface area (Å²) in [6.45, 7) is 13.0. The molecule has 2 rings (SSSR count). The highest BCUT2D eigenvalue weighted by molar-refractivity contribution is 5.65. The van der Waals surface area contributed by atoms with Crippen LogP contribution in [-0.2, 0) is 14.3 Å². The quantitative estimate of drug-likeness (QED) is 0.580. The van der Waals surface area contributed by atoms with Gasteiger partial charge in [0.2, 0.25) is 0 Å². The number of hydrogen-bond donors (Lipinski definition) is 0. The van der Waals surface area contributed by atoms with Gasteiger partial charge < -0.3 is 9.47 Å². The molecule has 0 aromatic rings. The minimum Gasteiger partial charge on any atom is -0.465 e. The Balaban J connectivity index is 2.33. The molecule has 106 valence electrons. The second-order valence-corrected chi connectivity index (χ2v) is 6.04. The van der Waals surface area contributed by atoms with E-state index < -0.39 is 0 Å². The van der Waals surface area contributed by atoms with Crippen LogP contribution < -0.4 is 0 Å². The van der Waals surface area contributed by atoms with Crippen molar-refractivity contribution in [1.82, 2.24) is 0 Å². The van der Waals surface area contributed by atoms with Crippen molar-refractivity contribution < 1.29 is 14.3 Å². The molecule has 2 aliphatic rings. The van der Waals surface area contributed by atoms with Crippen molar-refractivity contribution in [1.29, 1.82) is 0 Å². The van der Waals surface area contributed by atoms with Gasteiger partial charge in [-0.15, -0.1) is 6.58 Å².